The van der Waals surface area contributed by atoms with E-state index in [-0.39, 0.29) is 30.9 Å². The molecule has 128 valence electrons. The van der Waals surface area contributed by atoms with Crippen LogP contribution in [-0.2, 0) is 16.1 Å². The number of carbonyl (C=O) groups is 2. The van der Waals surface area contributed by atoms with E-state index in [2.05, 4.69) is 5.32 Å². The number of anilines is 1. The highest BCUT2D eigenvalue weighted by Gasteiger charge is 2.13. The lowest BCUT2D eigenvalue weighted by molar-refractivity contribution is -0.123. The molecule has 1 aromatic carbocycles. The van der Waals surface area contributed by atoms with Crippen LogP contribution in [0.3, 0.4) is 0 Å². The maximum Gasteiger partial charge on any atom is 0.338 e. The molecule has 1 heterocycles. The molecule has 0 aliphatic heterocycles. The average Bonchev–Trinajstić information content (AvgIpc) is 3.04. The monoisotopic (exact) mass is 332 g/mol. The number of ether oxygens (including phenoxy) is 2. The Labute approximate surface area is 139 Å². The normalized spacial score (nSPS) is 10.5. The molecular formula is C17H20N2O5. The van der Waals surface area contributed by atoms with Crippen LogP contribution in [0, 0.1) is 0 Å². The molecule has 0 spiro atoms. The molecule has 7 heteroatoms. The summed E-state index contributed by atoms with van der Waals surface area (Å²) >= 11 is 0. The van der Waals surface area contributed by atoms with Crippen molar-refractivity contribution in [1.29, 1.82) is 0 Å². The summed E-state index contributed by atoms with van der Waals surface area (Å²) < 4.78 is 15.6. The van der Waals surface area contributed by atoms with Crippen LogP contribution >= 0.6 is 0 Å². The number of benzene rings is 1. The van der Waals surface area contributed by atoms with Crippen molar-refractivity contribution in [3.8, 4) is 5.75 Å². The largest absolute Gasteiger partial charge is 0.482 e. The number of nitrogen functional groups attached to an aromatic ring is 1. The van der Waals surface area contributed by atoms with Crippen LogP contribution in [0.5, 0.6) is 5.75 Å². The van der Waals surface area contributed by atoms with Gasteiger partial charge in [-0.1, -0.05) is 0 Å². The van der Waals surface area contributed by atoms with E-state index in [0.717, 1.165) is 0 Å². The molecule has 0 radical (unpaired) electrons. The zero-order valence-electron chi connectivity index (χ0n) is 13.6. The van der Waals surface area contributed by atoms with Gasteiger partial charge in [-0.25, -0.2) is 4.79 Å². The van der Waals surface area contributed by atoms with Gasteiger partial charge in [0.1, 0.15) is 11.5 Å². The topological polar surface area (TPSA) is 104 Å². The van der Waals surface area contributed by atoms with E-state index < -0.39 is 5.97 Å². The van der Waals surface area contributed by atoms with Gasteiger partial charge in [0, 0.05) is 0 Å². The number of esters is 1. The highest BCUT2D eigenvalue weighted by Crippen LogP contribution is 2.23. The number of nitrogens with one attached hydrogen (secondary N) is 1. The number of rotatable bonds is 7. The Kier molecular flexibility index (Phi) is 5.83. The molecule has 0 atom stereocenters. The first kappa shape index (κ1) is 17.4. The standard InChI is InChI=1S/C17H20N2O5/c1-11(2)24-17(21)12-5-6-14(18)15(8-12)23-10-16(20)19-9-13-4-3-7-22-13/h3-8,11H,9-10,18H2,1-2H3,(H,19,20). The summed E-state index contributed by atoms with van der Waals surface area (Å²) in [5.41, 5.74) is 6.44. The van der Waals surface area contributed by atoms with E-state index in [9.17, 15) is 9.59 Å². The SMILES string of the molecule is CC(C)OC(=O)c1ccc(N)c(OCC(=O)NCc2ccco2)c1. The minimum absolute atomic E-state index is 0.229. The lowest BCUT2D eigenvalue weighted by atomic mass is 10.2. The Balaban J connectivity index is 1.91. The Morgan fingerprint density at radius 2 is 2.08 bits per heavy atom. The van der Waals surface area contributed by atoms with E-state index in [0.29, 0.717) is 17.0 Å². The minimum Gasteiger partial charge on any atom is -0.482 e. The Morgan fingerprint density at radius 1 is 1.29 bits per heavy atom. The molecule has 0 saturated carbocycles. The summed E-state index contributed by atoms with van der Waals surface area (Å²) in [6, 6.07) is 8.03. The zero-order valence-corrected chi connectivity index (χ0v) is 13.6. The smallest absolute Gasteiger partial charge is 0.338 e. The zero-order chi connectivity index (χ0) is 17.5. The third-order valence-electron chi connectivity index (χ3n) is 2.99. The van der Waals surface area contributed by atoms with Gasteiger partial charge in [-0.3, -0.25) is 4.79 Å². The second-order valence-electron chi connectivity index (χ2n) is 5.35. The Bertz CT molecular complexity index is 695. The summed E-state index contributed by atoms with van der Waals surface area (Å²) in [5, 5.41) is 2.65. The molecule has 0 bridgehead atoms. The van der Waals surface area contributed by atoms with Crippen LogP contribution in [0.4, 0.5) is 5.69 Å². The van der Waals surface area contributed by atoms with E-state index in [1.165, 1.54) is 18.4 Å². The number of nitrogens with two attached hydrogens (primary N) is 1. The minimum atomic E-state index is -0.475. The summed E-state index contributed by atoms with van der Waals surface area (Å²) in [5.74, 6) is 0.0840. The summed E-state index contributed by atoms with van der Waals surface area (Å²) in [6.07, 6.45) is 1.30. The molecule has 2 rings (SSSR count). The van der Waals surface area contributed by atoms with Crippen molar-refractivity contribution in [3.63, 3.8) is 0 Å². The van der Waals surface area contributed by atoms with Crippen molar-refractivity contribution in [2.75, 3.05) is 12.3 Å². The molecule has 3 N–H and O–H groups in total. The molecule has 7 nitrogen and oxygen atoms in total. The third-order valence-corrected chi connectivity index (χ3v) is 2.99. The van der Waals surface area contributed by atoms with E-state index in [1.807, 2.05) is 0 Å². The average molecular weight is 332 g/mol. The molecule has 1 amide bonds. The molecule has 1 aromatic heterocycles. The lowest BCUT2D eigenvalue weighted by Gasteiger charge is -2.12. The first-order valence-corrected chi connectivity index (χ1v) is 7.48. The summed E-state index contributed by atoms with van der Waals surface area (Å²) in [7, 11) is 0. The van der Waals surface area contributed by atoms with Crippen molar-refractivity contribution in [1.82, 2.24) is 5.32 Å². The molecular weight excluding hydrogens is 312 g/mol. The van der Waals surface area contributed by atoms with Gasteiger partial charge in [-0.15, -0.1) is 0 Å². The van der Waals surface area contributed by atoms with Gasteiger partial charge in [0.05, 0.1) is 30.2 Å². The van der Waals surface area contributed by atoms with Crippen molar-refractivity contribution in [2.45, 2.75) is 26.5 Å². The van der Waals surface area contributed by atoms with Gasteiger partial charge in [0.25, 0.3) is 5.91 Å². The number of carbonyl (C=O) groups excluding carboxylic acids is 2. The van der Waals surface area contributed by atoms with E-state index in [1.54, 1.807) is 32.0 Å². The number of hydrogen-bond donors (Lipinski definition) is 2. The second kappa shape index (κ2) is 8.05. The predicted molar refractivity (Wildman–Crippen MR) is 87.5 cm³/mol. The van der Waals surface area contributed by atoms with Crippen LogP contribution in [0.1, 0.15) is 30.0 Å². The van der Waals surface area contributed by atoms with Crippen LogP contribution in [0.25, 0.3) is 0 Å². The number of amides is 1. The third kappa shape index (κ3) is 5.05. The maximum absolute atomic E-state index is 11.9. The number of furan rings is 1. The van der Waals surface area contributed by atoms with Gasteiger partial charge in [-0.05, 0) is 44.2 Å². The second-order valence-corrected chi connectivity index (χ2v) is 5.35. The van der Waals surface area contributed by atoms with Crippen molar-refractivity contribution in [2.24, 2.45) is 0 Å². The first-order chi connectivity index (χ1) is 11.5. The summed E-state index contributed by atoms with van der Waals surface area (Å²) in [4.78, 5) is 23.7. The number of hydrogen-bond acceptors (Lipinski definition) is 6. The van der Waals surface area contributed by atoms with Crippen LogP contribution < -0.4 is 15.8 Å². The van der Waals surface area contributed by atoms with Crippen LogP contribution in [0.2, 0.25) is 0 Å². The van der Waals surface area contributed by atoms with Crippen LogP contribution in [-0.4, -0.2) is 24.6 Å². The Hall–Kier alpha value is -2.96. The van der Waals surface area contributed by atoms with Gasteiger partial charge < -0.3 is 24.9 Å². The van der Waals surface area contributed by atoms with Crippen molar-refractivity contribution < 1.29 is 23.5 Å². The predicted octanol–water partition coefficient (Wildman–Crippen LogP) is 2.12. The maximum atomic E-state index is 11.9. The van der Waals surface area contributed by atoms with Crippen molar-refractivity contribution >= 4 is 17.6 Å². The fourth-order valence-corrected chi connectivity index (χ4v) is 1.86. The van der Waals surface area contributed by atoms with E-state index in [4.69, 9.17) is 19.6 Å². The van der Waals surface area contributed by atoms with E-state index >= 15 is 0 Å². The molecule has 0 saturated heterocycles. The first-order valence-electron chi connectivity index (χ1n) is 7.48. The highest BCUT2D eigenvalue weighted by molar-refractivity contribution is 5.90. The molecule has 0 aliphatic rings. The molecule has 24 heavy (non-hydrogen) atoms. The van der Waals surface area contributed by atoms with Gasteiger partial charge >= 0.3 is 5.97 Å². The van der Waals surface area contributed by atoms with Gasteiger partial charge in [0.15, 0.2) is 6.61 Å². The summed E-state index contributed by atoms with van der Waals surface area (Å²) in [6.45, 7) is 3.56. The van der Waals surface area contributed by atoms with Crippen LogP contribution in [0.15, 0.2) is 41.0 Å². The quantitative estimate of drug-likeness (QED) is 0.594. The lowest BCUT2D eigenvalue weighted by Crippen LogP contribution is -2.28. The van der Waals surface area contributed by atoms with Gasteiger partial charge in [-0.2, -0.15) is 0 Å². The highest BCUT2D eigenvalue weighted by atomic mass is 16.5. The Morgan fingerprint density at radius 3 is 2.75 bits per heavy atom. The fraction of sp³-hybridized carbons (Fsp3) is 0.294. The molecule has 2 aromatic rings. The van der Waals surface area contributed by atoms with Gasteiger partial charge in [0.2, 0.25) is 0 Å². The molecule has 0 fully saturated rings. The fourth-order valence-electron chi connectivity index (χ4n) is 1.86. The molecule has 0 aliphatic carbocycles. The molecule has 0 unspecified atom stereocenters. The van der Waals surface area contributed by atoms with Crippen molar-refractivity contribution in [3.05, 3.63) is 47.9 Å².